The summed E-state index contributed by atoms with van der Waals surface area (Å²) in [5, 5.41) is 2.76. The summed E-state index contributed by atoms with van der Waals surface area (Å²) in [7, 11) is 0. The number of aromatic nitrogens is 2. The van der Waals surface area contributed by atoms with Crippen LogP contribution < -0.4 is 5.56 Å². The molecule has 0 saturated carbocycles. The van der Waals surface area contributed by atoms with Gasteiger partial charge in [-0.2, -0.15) is 0 Å². The van der Waals surface area contributed by atoms with Crippen LogP contribution in [0.1, 0.15) is 17.4 Å². The molecule has 0 spiro atoms. The second-order valence-corrected chi connectivity index (χ2v) is 7.72. The molecule has 0 bridgehead atoms. The Hall–Kier alpha value is -2.24. The van der Waals surface area contributed by atoms with Crippen LogP contribution in [0, 0.1) is 6.92 Å². The number of aromatic amines is 1. The van der Waals surface area contributed by atoms with Crippen LogP contribution in [-0.2, 0) is 6.42 Å². The lowest BCUT2D eigenvalue weighted by molar-refractivity contribution is 1.18. The van der Waals surface area contributed by atoms with Crippen molar-refractivity contribution < 1.29 is 0 Å². The summed E-state index contributed by atoms with van der Waals surface area (Å²) in [6.07, 6.45) is 0.896. The molecule has 3 nitrogen and oxygen atoms in total. The number of benzene rings is 1. The first-order valence-corrected chi connectivity index (χ1v) is 9.53. The van der Waals surface area contributed by atoms with Crippen LogP contribution in [0.15, 0.2) is 46.6 Å². The van der Waals surface area contributed by atoms with E-state index in [0.717, 1.165) is 32.6 Å². The van der Waals surface area contributed by atoms with Gasteiger partial charge in [0.15, 0.2) is 0 Å². The van der Waals surface area contributed by atoms with Crippen LogP contribution >= 0.6 is 22.7 Å². The summed E-state index contributed by atoms with van der Waals surface area (Å²) in [6, 6.07) is 12.1. The third kappa shape index (κ3) is 2.50. The minimum absolute atomic E-state index is 0.0603. The summed E-state index contributed by atoms with van der Waals surface area (Å²) >= 11 is 3.29. The van der Waals surface area contributed by atoms with E-state index in [4.69, 9.17) is 4.98 Å². The lowest BCUT2D eigenvalue weighted by Gasteiger charge is -2.02. The molecule has 0 aliphatic heterocycles. The lowest BCUT2D eigenvalue weighted by Crippen LogP contribution is -2.09. The van der Waals surface area contributed by atoms with Crippen LogP contribution in [0.25, 0.3) is 32.0 Å². The molecule has 4 rings (SSSR count). The van der Waals surface area contributed by atoms with E-state index < -0.39 is 0 Å². The molecule has 1 N–H and O–H groups in total. The number of nitrogens with one attached hydrogen (secondary N) is 1. The molecular weight excluding hydrogens is 336 g/mol. The quantitative estimate of drug-likeness (QED) is 0.547. The molecule has 1 aromatic carbocycles. The Kier molecular flexibility index (Phi) is 3.82. The normalized spacial score (nSPS) is 11.2. The highest BCUT2D eigenvalue weighted by Crippen LogP contribution is 2.39. The molecule has 4 aromatic rings. The van der Waals surface area contributed by atoms with Gasteiger partial charge in [0.25, 0.3) is 5.56 Å². The van der Waals surface area contributed by atoms with Crippen LogP contribution in [0.2, 0.25) is 0 Å². The van der Waals surface area contributed by atoms with Crippen molar-refractivity contribution in [3.63, 3.8) is 0 Å². The molecule has 3 heterocycles. The highest BCUT2D eigenvalue weighted by atomic mass is 32.1. The number of hydrogen-bond acceptors (Lipinski definition) is 4. The average Bonchev–Trinajstić information content (AvgIpc) is 3.22. The minimum Gasteiger partial charge on any atom is -0.306 e. The number of nitrogens with zero attached hydrogens (tertiary/aromatic N) is 1. The third-order valence-electron chi connectivity index (χ3n) is 4.05. The lowest BCUT2D eigenvalue weighted by atomic mass is 10.1. The predicted octanol–water partition coefficient (Wildman–Crippen LogP) is 5.25. The van der Waals surface area contributed by atoms with Crippen molar-refractivity contribution in [2.24, 2.45) is 0 Å². The molecule has 0 aliphatic rings. The van der Waals surface area contributed by atoms with Gasteiger partial charge in [0.1, 0.15) is 10.7 Å². The third-order valence-corrected chi connectivity index (χ3v) is 6.16. The summed E-state index contributed by atoms with van der Waals surface area (Å²) in [4.78, 5) is 23.7. The molecule has 120 valence electrons. The van der Waals surface area contributed by atoms with E-state index in [9.17, 15) is 4.79 Å². The largest absolute Gasteiger partial charge is 0.306 e. The molecule has 5 heteroatoms. The minimum atomic E-state index is -0.0603. The highest BCUT2D eigenvalue weighted by Gasteiger charge is 2.18. The first kappa shape index (κ1) is 15.3. The smallest absolute Gasteiger partial charge is 0.260 e. The molecule has 0 saturated heterocycles. The Morgan fingerprint density at radius 3 is 2.62 bits per heavy atom. The topological polar surface area (TPSA) is 45.8 Å². The van der Waals surface area contributed by atoms with Crippen molar-refractivity contribution in [2.45, 2.75) is 20.3 Å². The van der Waals surface area contributed by atoms with Crippen molar-refractivity contribution in [1.29, 1.82) is 0 Å². The summed E-state index contributed by atoms with van der Waals surface area (Å²) in [6.45, 7) is 4.17. The van der Waals surface area contributed by atoms with Crippen molar-refractivity contribution in [3.05, 3.63) is 62.6 Å². The molecule has 3 aromatic heterocycles. The van der Waals surface area contributed by atoms with Gasteiger partial charge in [-0.05, 0) is 24.8 Å². The number of rotatable bonds is 3. The zero-order valence-corrected chi connectivity index (χ0v) is 15.1. The second-order valence-electron chi connectivity index (χ2n) is 5.69. The fourth-order valence-corrected chi connectivity index (χ4v) is 4.83. The zero-order chi connectivity index (χ0) is 16.7. The molecule has 0 unspecified atom stereocenters. The standard InChI is InChI=1S/C19H16N2OS2/c1-3-13-15(14-5-4-10-23-14)16-18(22)20-17(21-19(16)24-13)12-8-6-11(2)7-9-12/h4-10H,3H2,1-2H3,(H,20,21,22). The van der Waals surface area contributed by atoms with Gasteiger partial charge in [-0.25, -0.2) is 4.98 Å². The SMILES string of the molecule is CCc1sc2nc(-c3ccc(C)cc3)[nH]c(=O)c2c1-c1cccs1. The Balaban J connectivity index is 1.98. The Labute approximate surface area is 147 Å². The van der Waals surface area contributed by atoms with Crippen molar-refractivity contribution >= 4 is 32.9 Å². The zero-order valence-electron chi connectivity index (χ0n) is 13.4. The van der Waals surface area contributed by atoms with Crippen molar-refractivity contribution in [3.8, 4) is 21.8 Å². The van der Waals surface area contributed by atoms with E-state index >= 15 is 0 Å². The van der Waals surface area contributed by atoms with E-state index in [2.05, 4.69) is 18.0 Å². The van der Waals surface area contributed by atoms with E-state index in [1.807, 2.05) is 42.6 Å². The predicted molar refractivity (Wildman–Crippen MR) is 103 cm³/mol. The summed E-state index contributed by atoms with van der Waals surface area (Å²) in [5.41, 5.74) is 3.11. The fraction of sp³-hybridized carbons (Fsp3) is 0.158. The number of aryl methyl sites for hydroxylation is 2. The van der Waals surface area contributed by atoms with Gasteiger partial charge in [-0.15, -0.1) is 22.7 Å². The highest BCUT2D eigenvalue weighted by molar-refractivity contribution is 7.20. The van der Waals surface area contributed by atoms with Gasteiger partial charge in [0.05, 0.1) is 5.39 Å². The summed E-state index contributed by atoms with van der Waals surface area (Å²) in [5.74, 6) is 0.633. The Morgan fingerprint density at radius 1 is 1.17 bits per heavy atom. The van der Waals surface area contributed by atoms with Crippen molar-refractivity contribution in [1.82, 2.24) is 9.97 Å². The van der Waals surface area contributed by atoms with Crippen LogP contribution in [0.3, 0.4) is 0 Å². The van der Waals surface area contributed by atoms with Gasteiger partial charge in [-0.1, -0.05) is 42.8 Å². The molecule has 0 atom stereocenters. The molecule has 0 fully saturated rings. The van der Waals surface area contributed by atoms with Gasteiger partial charge in [-0.3, -0.25) is 4.79 Å². The average molecular weight is 352 g/mol. The summed E-state index contributed by atoms with van der Waals surface area (Å²) < 4.78 is 0. The number of fused-ring (bicyclic) bond motifs is 1. The van der Waals surface area contributed by atoms with Crippen LogP contribution in [-0.4, -0.2) is 9.97 Å². The maximum Gasteiger partial charge on any atom is 0.260 e. The van der Waals surface area contributed by atoms with Gasteiger partial charge >= 0.3 is 0 Å². The monoisotopic (exact) mass is 352 g/mol. The molecule has 0 aliphatic carbocycles. The number of thiophene rings is 2. The number of hydrogen-bond donors (Lipinski definition) is 1. The first-order chi connectivity index (χ1) is 11.7. The van der Waals surface area contributed by atoms with Gasteiger partial charge < -0.3 is 4.98 Å². The maximum absolute atomic E-state index is 12.8. The molecular formula is C19H16N2OS2. The molecule has 0 amide bonds. The number of H-pyrrole nitrogens is 1. The Bertz CT molecular complexity index is 1060. The molecule has 0 radical (unpaired) electrons. The van der Waals surface area contributed by atoms with E-state index in [1.165, 1.54) is 10.4 Å². The maximum atomic E-state index is 12.8. The van der Waals surface area contributed by atoms with E-state index in [0.29, 0.717) is 5.82 Å². The van der Waals surface area contributed by atoms with Crippen LogP contribution in [0.5, 0.6) is 0 Å². The van der Waals surface area contributed by atoms with E-state index in [1.54, 1.807) is 22.7 Å². The second kappa shape index (κ2) is 6.00. The van der Waals surface area contributed by atoms with Crippen LogP contribution in [0.4, 0.5) is 0 Å². The fourth-order valence-electron chi connectivity index (χ4n) is 2.83. The van der Waals surface area contributed by atoms with Gasteiger partial charge in [0, 0.05) is 20.9 Å². The first-order valence-electron chi connectivity index (χ1n) is 7.84. The molecule has 24 heavy (non-hydrogen) atoms. The Morgan fingerprint density at radius 2 is 1.96 bits per heavy atom. The van der Waals surface area contributed by atoms with Gasteiger partial charge in [0.2, 0.25) is 0 Å². The van der Waals surface area contributed by atoms with Crippen molar-refractivity contribution in [2.75, 3.05) is 0 Å². The van der Waals surface area contributed by atoms with E-state index in [-0.39, 0.29) is 5.56 Å².